The first-order valence-electron chi connectivity index (χ1n) is 6.31. The fraction of sp³-hybridized carbons (Fsp3) is 0.500. The summed E-state index contributed by atoms with van der Waals surface area (Å²) in [7, 11) is 0. The lowest BCUT2D eigenvalue weighted by molar-refractivity contribution is -0.138. The largest absolute Gasteiger partial charge is 0.481 e. The number of hydrogen-bond donors (Lipinski definition) is 2. The van der Waals surface area contributed by atoms with E-state index in [1.807, 2.05) is 19.9 Å². The van der Waals surface area contributed by atoms with Crippen LogP contribution in [0.3, 0.4) is 0 Å². The number of anilines is 1. The van der Waals surface area contributed by atoms with Gasteiger partial charge < -0.3 is 10.4 Å². The van der Waals surface area contributed by atoms with Gasteiger partial charge in [-0.3, -0.25) is 9.78 Å². The number of hydrogen-bond acceptors (Lipinski definition) is 4. The number of aliphatic carboxylic acids is 1. The van der Waals surface area contributed by atoms with Crippen molar-refractivity contribution >= 4 is 11.7 Å². The molecule has 0 aromatic carbocycles. The van der Waals surface area contributed by atoms with Gasteiger partial charge in [-0.2, -0.15) is 5.26 Å². The molecule has 5 nitrogen and oxygen atoms in total. The van der Waals surface area contributed by atoms with Crippen LogP contribution < -0.4 is 5.32 Å². The van der Waals surface area contributed by atoms with Crippen molar-refractivity contribution < 1.29 is 9.90 Å². The molecule has 102 valence electrons. The minimum absolute atomic E-state index is 0.0535. The van der Waals surface area contributed by atoms with Crippen molar-refractivity contribution in [3.05, 3.63) is 23.0 Å². The first kappa shape index (κ1) is 15.0. The number of nitriles is 1. The van der Waals surface area contributed by atoms with Gasteiger partial charge in [-0.05, 0) is 25.8 Å². The molecule has 0 saturated heterocycles. The van der Waals surface area contributed by atoms with Crippen molar-refractivity contribution in [2.24, 2.45) is 5.92 Å². The predicted octanol–water partition coefficient (Wildman–Crippen LogP) is 2.48. The van der Waals surface area contributed by atoms with E-state index in [4.69, 9.17) is 10.4 Å². The number of rotatable bonds is 6. The normalized spacial score (nSPS) is 11.7. The number of carboxylic acid groups (broad SMARTS) is 1. The Morgan fingerprint density at radius 3 is 2.79 bits per heavy atom. The highest BCUT2D eigenvalue weighted by Crippen LogP contribution is 2.20. The Morgan fingerprint density at radius 1 is 1.58 bits per heavy atom. The maximum Gasteiger partial charge on any atom is 0.303 e. The van der Waals surface area contributed by atoms with E-state index in [0.29, 0.717) is 17.8 Å². The zero-order valence-electron chi connectivity index (χ0n) is 11.5. The Labute approximate surface area is 113 Å². The number of aromatic nitrogens is 1. The average molecular weight is 261 g/mol. The van der Waals surface area contributed by atoms with Crippen molar-refractivity contribution in [3.63, 3.8) is 0 Å². The van der Waals surface area contributed by atoms with Crippen molar-refractivity contribution in [2.75, 3.05) is 11.9 Å². The van der Waals surface area contributed by atoms with Crippen LogP contribution in [0.4, 0.5) is 5.69 Å². The SMILES string of the molecule is CCC(CNc1cc(C)nc(C)c1C#N)CC(=O)O. The summed E-state index contributed by atoms with van der Waals surface area (Å²) in [5.74, 6) is -0.742. The number of nitrogens with zero attached hydrogens (tertiary/aromatic N) is 2. The highest BCUT2D eigenvalue weighted by molar-refractivity contribution is 5.67. The van der Waals surface area contributed by atoms with Crippen molar-refractivity contribution in [1.82, 2.24) is 4.98 Å². The topological polar surface area (TPSA) is 86.0 Å². The molecule has 0 aliphatic heterocycles. The molecule has 1 unspecified atom stereocenters. The Balaban J connectivity index is 2.82. The Kier molecular flexibility index (Phi) is 5.31. The minimum Gasteiger partial charge on any atom is -0.481 e. The molecule has 0 spiro atoms. The molecule has 0 radical (unpaired) electrons. The van der Waals surface area contributed by atoms with Crippen molar-refractivity contribution in [2.45, 2.75) is 33.6 Å². The summed E-state index contributed by atoms with van der Waals surface area (Å²) in [6, 6.07) is 3.95. The summed E-state index contributed by atoms with van der Waals surface area (Å²) in [5, 5.41) is 21.1. The quantitative estimate of drug-likeness (QED) is 0.821. The van der Waals surface area contributed by atoms with Gasteiger partial charge in [-0.1, -0.05) is 13.3 Å². The molecule has 1 rings (SSSR count). The molecule has 0 bridgehead atoms. The van der Waals surface area contributed by atoms with Crippen molar-refractivity contribution in [1.29, 1.82) is 5.26 Å². The maximum atomic E-state index is 10.7. The van der Waals surface area contributed by atoms with Gasteiger partial charge >= 0.3 is 5.97 Å². The zero-order valence-corrected chi connectivity index (χ0v) is 11.5. The second-order valence-corrected chi connectivity index (χ2v) is 4.64. The van der Waals surface area contributed by atoms with Crippen LogP contribution in [-0.2, 0) is 4.79 Å². The average Bonchev–Trinajstić information content (AvgIpc) is 2.33. The summed E-state index contributed by atoms with van der Waals surface area (Å²) in [4.78, 5) is 15.0. The Bertz CT molecular complexity index is 506. The molecular weight excluding hydrogens is 242 g/mol. The molecule has 0 amide bonds. The molecule has 0 saturated carbocycles. The lowest BCUT2D eigenvalue weighted by Crippen LogP contribution is -2.18. The summed E-state index contributed by atoms with van der Waals surface area (Å²) < 4.78 is 0. The fourth-order valence-electron chi connectivity index (χ4n) is 1.97. The van der Waals surface area contributed by atoms with Gasteiger partial charge in [0.15, 0.2) is 0 Å². The third-order valence-corrected chi connectivity index (χ3v) is 3.06. The van der Waals surface area contributed by atoms with Crippen LogP contribution in [0, 0.1) is 31.1 Å². The molecule has 0 aliphatic carbocycles. The summed E-state index contributed by atoms with van der Waals surface area (Å²) >= 11 is 0. The van der Waals surface area contributed by atoms with E-state index in [1.54, 1.807) is 6.92 Å². The third-order valence-electron chi connectivity index (χ3n) is 3.06. The molecule has 1 aromatic heterocycles. The molecule has 2 N–H and O–H groups in total. The van der Waals surface area contributed by atoms with Crippen LogP contribution in [-0.4, -0.2) is 22.6 Å². The summed E-state index contributed by atoms with van der Waals surface area (Å²) in [6.45, 7) is 6.17. The predicted molar refractivity (Wildman–Crippen MR) is 72.9 cm³/mol. The maximum absolute atomic E-state index is 10.7. The van der Waals surface area contributed by atoms with E-state index in [9.17, 15) is 4.79 Å². The lowest BCUT2D eigenvalue weighted by Gasteiger charge is -2.16. The standard InChI is InChI=1S/C14H19N3O2/c1-4-11(6-14(18)19)8-16-13-5-9(2)17-10(3)12(13)7-15/h5,11H,4,6,8H2,1-3H3,(H,16,17)(H,18,19). The van der Waals surface area contributed by atoms with Gasteiger partial charge in [-0.25, -0.2) is 0 Å². The number of carboxylic acids is 1. The van der Waals surface area contributed by atoms with Crippen molar-refractivity contribution in [3.8, 4) is 6.07 Å². The van der Waals surface area contributed by atoms with Gasteiger partial charge in [-0.15, -0.1) is 0 Å². The second-order valence-electron chi connectivity index (χ2n) is 4.64. The fourth-order valence-corrected chi connectivity index (χ4v) is 1.97. The van der Waals surface area contributed by atoms with E-state index in [1.165, 1.54) is 0 Å². The Morgan fingerprint density at radius 2 is 2.26 bits per heavy atom. The molecule has 0 fully saturated rings. The van der Waals surface area contributed by atoms with Gasteiger partial charge in [0.1, 0.15) is 6.07 Å². The first-order chi connectivity index (χ1) is 8.97. The van der Waals surface area contributed by atoms with Crippen LogP contribution >= 0.6 is 0 Å². The zero-order chi connectivity index (χ0) is 14.4. The van der Waals surface area contributed by atoms with Crippen LogP contribution in [0.15, 0.2) is 6.07 Å². The van der Waals surface area contributed by atoms with Gasteiger partial charge in [0.25, 0.3) is 0 Å². The molecule has 0 aliphatic rings. The van der Waals surface area contributed by atoms with E-state index in [2.05, 4.69) is 16.4 Å². The van der Waals surface area contributed by atoms with E-state index in [-0.39, 0.29) is 12.3 Å². The molecule has 1 atom stereocenters. The van der Waals surface area contributed by atoms with Crippen LogP contribution in [0.5, 0.6) is 0 Å². The number of nitrogens with one attached hydrogen (secondary N) is 1. The number of aryl methyl sites for hydroxylation is 2. The summed E-state index contributed by atoms with van der Waals surface area (Å²) in [6.07, 6.45) is 0.915. The molecular formula is C14H19N3O2. The van der Waals surface area contributed by atoms with E-state index < -0.39 is 5.97 Å². The Hall–Kier alpha value is -2.09. The third kappa shape index (κ3) is 4.25. The number of pyridine rings is 1. The molecule has 1 heterocycles. The van der Waals surface area contributed by atoms with Crippen LogP contribution in [0.2, 0.25) is 0 Å². The summed E-state index contributed by atoms with van der Waals surface area (Å²) in [5.41, 5.74) is 2.79. The first-order valence-corrected chi connectivity index (χ1v) is 6.31. The van der Waals surface area contributed by atoms with Crippen LogP contribution in [0.25, 0.3) is 0 Å². The van der Waals surface area contributed by atoms with Gasteiger partial charge in [0, 0.05) is 18.7 Å². The minimum atomic E-state index is -0.795. The van der Waals surface area contributed by atoms with Crippen LogP contribution in [0.1, 0.15) is 36.7 Å². The smallest absolute Gasteiger partial charge is 0.303 e. The van der Waals surface area contributed by atoms with E-state index in [0.717, 1.165) is 17.8 Å². The highest BCUT2D eigenvalue weighted by Gasteiger charge is 2.13. The molecule has 1 aromatic rings. The highest BCUT2D eigenvalue weighted by atomic mass is 16.4. The molecule has 5 heteroatoms. The van der Waals surface area contributed by atoms with Gasteiger partial charge in [0.2, 0.25) is 0 Å². The van der Waals surface area contributed by atoms with Gasteiger partial charge in [0.05, 0.1) is 16.9 Å². The second kappa shape index (κ2) is 6.74. The number of carbonyl (C=O) groups is 1. The lowest BCUT2D eigenvalue weighted by atomic mass is 10.0. The van der Waals surface area contributed by atoms with E-state index >= 15 is 0 Å². The monoisotopic (exact) mass is 261 g/mol. The molecule has 19 heavy (non-hydrogen) atoms.